The topological polar surface area (TPSA) is 75.7 Å². The van der Waals surface area contributed by atoms with Crippen molar-refractivity contribution in [2.45, 2.75) is 26.4 Å². The predicted molar refractivity (Wildman–Crippen MR) is 104 cm³/mol. The molecule has 0 spiro atoms. The summed E-state index contributed by atoms with van der Waals surface area (Å²) in [6.07, 6.45) is 0.954. The van der Waals surface area contributed by atoms with Gasteiger partial charge in [0.2, 0.25) is 15.9 Å². The number of benzene rings is 2. The third-order valence-corrected chi connectivity index (χ3v) is 4.78. The normalized spacial score (nSPS) is 11.3. The Balaban J connectivity index is 2.07. The molecule has 0 heterocycles. The number of hydrogen-bond acceptors (Lipinski definition) is 4. The van der Waals surface area contributed by atoms with Crippen molar-refractivity contribution in [2.75, 3.05) is 22.4 Å². The fourth-order valence-corrected chi connectivity index (χ4v) is 3.36. The molecule has 0 unspecified atom stereocenters. The number of nitrogens with one attached hydrogen (secondary N) is 1. The Morgan fingerprint density at radius 2 is 1.78 bits per heavy atom. The van der Waals surface area contributed by atoms with Crippen molar-refractivity contribution in [3.8, 4) is 5.75 Å². The zero-order chi connectivity index (χ0) is 20.0. The molecule has 0 aliphatic carbocycles. The van der Waals surface area contributed by atoms with Gasteiger partial charge in [0.05, 0.1) is 23.7 Å². The number of amides is 1. The smallest absolute Gasteiger partial charge is 0.232 e. The number of carbonyl (C=O) groups is 1. The first kappa shape index (κ1) is 20.7. The van der Waals surface area contributed by atoms with Gasteiger partial charge >= 0.3 is 0 Å². The number of sulfonamides is 1. The third-order valence-electron chi connectivity index (χ3n) is 3.59. The Kier molecular flexibility index (Phi) is 6.79. The number of para-hydroxylation sites is 1. The van der Waals surface area contributed by atoms with E-state index in [1.54, 1.807) is 30.3 Å². The molecule has 0 radical (unpaired) electrons. The van der Waals surface area contributed by atoms with Crippen molar-refractivity contribution < 1.29 is 22.3 Å². The fraction of sp³-hybridized carbons (Fsp3) is 0.316. The molecule has 0 aliphatic rings. The third kappa shape index (κ3) is 6.25. The lowest BCUT2D eigenvalue weighted by molar-refractivity contribution is -0.116. The molecule has 0 aromatic heterocycles. The number of nitrogens with zero attached hydrogens (tertiary/aromatic N) is 1. The van der Waals surface area contributed by atoms with Gasteiger partial charge < -0.3 is 10.1 Å². The van der Waals surface area contributed by atoms with Crippen LogP contribution in [0.4, 0.5) is 15.8 Å². The first-order valence-electron chi connectivity index (χ1n) is 8.45. The minimum atomic E-state index is -3.59. The Labute approximate surface area is 159 Å². The molecule has 0 fully saturated rings. The number of ether oxygens (including phenoxy) is 1. The van der Waals surface area contributed by atoms with Crippen molar-refractivity contribution in [2.24, 2.45) is 0 Å². The van der Waals surface area contributed by atoms with Crippen LogP contribution in [0, 0.1) is 5.82 Å². The molecule has 1 amide bonds. The van der Waals surface area contributed by atoms with Crippen molar-refractivity contribution >= 4 is 27.3 Å². The SMILES string of the molecule is CC(C)Oc1ccc(N(CCC(=O)Nc2ccccc2F)S(C)(=O)=O)cc1. The van der Waals surface area contributed by atoms with Crippen molar-refractivity contribution in [1.82, 2.24) is 0 Å². The van der Waals surface area contributed by atoms with E-state index in [-0.39, 0.29) is 24.8 Å². The van der Waals surface area contributed by atoms with E-state index in [0.717, 1.165) is 10.6 Å². The maximum Gasteiger partial charge on any atom is 0.232 e. The Bertz CT molecular complexity index is 883. The zero-order valence-electron chi connectivity index (χ0n) is 15.5. The summed E-state index contributed by atoms with van der Waals surface area (Å²) in [6.45, 7) is 3.72. The van der Waals surface area contributed by atoms with E-state index in [2.05, 4.69) is 5.32 Å². The van der Waals surface area contributed by atoms with E-state index in [9.17, 15) is 17.6 Å². The average Bonchev–Trinajstić information content (AvgIpc) is 2.57. The number of carbonyl (C=O) groups excluding carboxylic acids is 1. The van der Waals surface area contributed by atoms with Crippen LogP contribution in [0.3, 0.4) is 0 Å². The van der Waals surface area contributed by atoms with Crippen LogP contribution >= 0.6 is 0 Å². The Hall–Kier alpha value is -2.61. The van der Waals surface area contributed by atoms with Crippen molar-refractivity contribution in [3.63, 3.8) is 0 Å². The van der Waals surface area contributed by atoms with E-state index >= 15 is 0 Å². The standard InChI is InChI=1S/C19H23FN2O4S/c1-14(2)26-16-10-8-15(9-11-16)22(27(3,24)25)13-12-19(23)21-18-7-5-4-6-17(18)20/h4-11,14H,12-13H2,1-3H3,(H,21,23). The van der Waals surface area contributed by atoms with Gasteiger partial charge in [-0.25, -0.2) is 12.8 Å². The van der Waals surface area contributed by atoms with E-state index < -0.39 is 21.7 Å². The molecule has 2 aromatic carbocycles. The zero-order valence-corrected chi connectivity index (χ0v) is 16.3. The van der Waals surface area contributed by atoms with Crippen LogP contribution in [-0.4, -0.2) is 33.2 Å². The van der Waals surface area contributed by atoms with Crippen LogP contribution in [0.25, 0.3) is 0 Å². The van der Waals surface area contributed by atoms with Crippen LogP contribution < -0.4 is 14.4 Å². The molecule has 0 bridgehead atoms. The van der Waals surface area contributed by atoms with E-state index in [4.69, 9.17) is 4.74 Å². The number of rotatable bonds is 8. The molecule has 2 aromatic rings. The van der Waals surface area contributed by atoms with Gasteiger partial charge in [0, 0.05) is 13.0 Å². The average molecular weight is 394 g/mol. The van der Waals surface area contributed by atoms with Gasteiger partial charge in [-0.15, -0.1) is 0 Å². The van der Waals surface area contributed by atoms with Gasteiger partial charge in [0.15, 0.2) is 0 Å². The summed E-state index contributed by atoms with van der Waals surface area (Å²) in [7, 11) is -3.59. The lowest BCUT2D eigenvalue weighted by Crippen LogP contribution is -2.33. The largest absolute Gasteiger partial charge is 0.491 e. The summed E-state index contributed by atoms with van der Waals surface area (Å²) in [6, 6.07) is 12.4. The predicted octanol–water partition coefficient (Wildman–Crippen LogP) is 3.41. The highest BCUT2D eigenvalue weighted by molar-refractivity contribution is 7.92. The lowest BCUT2D eigenvalue weighted by Gasteiger charge is -2.22. The molecule has 6 nitrogen and oxygen atoms in total. The molecule has 0 saturated carbocycles. The first-order valence-corrected chi connectivity index (χ1v) is 10.3. The van der Waals surface area contributed by atoms with Crippen molar-refractivity contribution in [3.05, 3.63) is 54.3 Å². The second kappa shape index (κ2) is 8.85. The van der Waals surface area contributed by atoms with Crippen LogP contribution in [0.5, 0.6) is 5.75 Å². The molecule has 2 rings (SSSR count). The summed E-state index contributed by atoms with van der Waals surface area (Å²) in [4.78, 5) is 12.1. The highest BCUT2D eigenvalue weighted by Crippen LogP contribution is 2.23. The molecule has 0 saturated heterocycles. The molecular weight excluding hydrogens is 371 g/mol. The molecular formula is C19H23FN2O4S. The van der Waals surface area contributed by atoms with Crippen LogP contribution in [0.1, 0.15) is 20.3 Å². The molecule has 0 aliphatic heterocycles. The van der Waals surface area contributed by atoms with E-state index in [1.807, 2.05) is 13.8 Å². The molecule has 1 N–H and O–H groups in total. The molecule has 8 heteroatoms. The summed E-state index contributed by atoms with van der Waals surface area (Å²) >= 11 is 0. The minimum absolute atomic E-state index is 0.00365. The number of anilines is 2. The van der Waals surface area contributed by atoms with Gasteiger partial charge in [-0.05, 0) is 50.2 Å². The van der Waals surface area contributed by atoms with Gasteiger partial charge in [0.25, 0.3) is 0 Å². The second-order valence-corrected chi connectivity index (χ2v) is 8.18. The number of halogens is 1. The first-order chi connectivity index (χ1) is 12.7. The fourth-order valence-electron chi connectivity index (χ4n) is 2.43. The summed E-state index contributed by atoms with van der Waals surface area (Å²) in [5.74, 6) is -0.403. The van der Waals surface area contributed by atoms with Gasteiger partial charge in [-0.2, -0.15) is 0 Å². The van der Waals surface area contributed by atoms with Gasteiger partial charge in [-0.1, -0.05) is 12.1 Å². The highest BCUT2D eigenvalue weighted by Gasteiger charge is 2.19. The Morgan fingerprint density at radius 3 is 2.33 bits per heavy atom. The Morgan fingerprint density at radius 1 is 1.15 bits per heavy atom. The molecule has 146 valence electrons. The highest BCUT2D eigenvalue weighted by atomic mass is 32.2. The van der Waals surface area contributed by atoms with Crippen LogP contribution in [-0.2, 0) is 14.8 Å². The van der Waals surface area contributed by atoms with Gasteiger partial charge in [0.1, 0.15) is 11.6 Å². The summed E-state index contributed by atoms with van der Waals surface area (Å²) in [5, 5.41) is 2.44. The quantitative estimate of drug-likeness (QED) is 0.745. The lowest BCUT2D eigenvalue weighted by atomic mass is 10.2. The second-order valence-electron chi connectivity index (χ2n) is 6.27. The summed E-state index contributed by atoms with van der Waals surface area (Å²) < 4.78 is 44.5. The van der Waals surface area contributed by atoms with Crippen LogP contribution in [0.15, 0.2) is 48.5 Å². The van der Waals surface area contributed by atoms with Crippen molar-refractivity contribution in [1.29, 1.82) is 0 Å². The monoisotopic (exact) mass is 394 g/mol. The number of hydrogen-bond donors (Lipinski definition) is 1. The van der Waals surface area contributed by atoms with E-state index in [1.165, 1.54) is 18.2 Å². The summed E-state index contributed by atoms with van der Waals surface area (Å²) in [5.41, 5.74) is 0.482. The maximum atomic E-state index is 13.6. The maximum absolute atomic E-state index is 13.6. The molecule has 27 heavy (non-hydrogen) atoms. The van der Waals surface area contributed by atoms with Crippen LogP contribution in [0.2, 0.25) is 0 Å². The minimum Gasteiger partial charge on any atom is -0.491 e. The van der Waals surface area contributed by atoms with E-state index in [0.29, 0.717) is 11.4 Å². The molecule has 0 atom stereocenters. The van der Waals surface area contributed by atoms with Gasteiger partial charge in [-0.3, -0.25) is 9.10 Å².